The summed E-state index contributed by atoms with van der Waals surface area (Å²) in [7, 11) is -3.63. The van der Waals surface area contributed by atoms with E-state index in [4.69, 9.17) is 9.08 Å². The van der Waals surface area contributed by atoms with Crippen molar-refractivity contribution in [1.29, 1.82) is 0 Å². The van der Waals surface area contributed by atoms with Gasteiger partial charge in [-0.05, 0) is 80.9 Å². The Morgan fingerprint density at radius 3 is 2.24 bits per heavy atom. The number of aromatic hydroxyl groups is 1. The second-order valence-electron chi connectivity index (χ2n) is 12.5. The third-order valence-electron chi connectivity index (χ3n) is 8.38. The van der Waals surface area contributed by atoms with E-state index in [9.17, 15) is 10.1 Å². The molecule has 1 atom stereocenters. The Hall–Kier alpha value is -4.01. The van der Waals surface area contributed by atoms with Crippen LogP contribution in [-0.4, -0.2) is 43.3 Å². The summed E-state index contributed by atoms with van der Waals surface area (Å²) < 4.78 is 13.3. The summed E-state index contributed by atoms with van der Waals surface area (Å²) in [6, 6.07) is 34.2. The standard InChI is InChI=1S/C38H42BNO4Si/c1-29(28-43-45(38(2,3)4,33-16-7-5-8-17-33)34-18-9-6-10-19-34)35-23-24-39(42)44-37(35)22-21-31(36-20-11-12-25-40-36)26-30-14-13-15-32(41)27-30/h5-20,23,25-27,37,41-42H,1,21-22,24,28H2,2-4H3/b31-26-. The quantitative estimate of drug-likeness (QED) is 0.177. The van der Waals surface area contributed by atoms with E-state index in [0.717, 1.165) is 28.0 Å². The first-order valence-corrected chi connectivity index (χ1v) is 17.5. The van der Waals surface area contributed by atoms with Crippen LogP contribution in [0.4, 0.5) is 0 Å². The molecule has 0 aliphatic carbocycles. The van der Waals surface area contributed by atoms with Crippen LogP contribution in [0.3, 0.4) is 0 Å². The van der Waals surface area contributed by atoms with Crippen molar-refractivity contribution < 1.29 is 19.2 Å². The molecule has 5 rings (SSSR count). The smallest absolute Gasteiger partial charge is 0.458 e. The molecular formula is C38H42BNO4Si. The number of rotatable bonds is 11. The topological polar surface area (TPSA) is 71.8 Å². The largest absolute Gasteiger partial charge is 0.508 e. The SMILES string of the molecule is C=C(CO[Si](c1ccccc1)(c1ccccc1)C(C)(C)C)C1=CCB(O)OC1CC/C(=C/c1cccc(O)c1)c1ccccn1. The van der Waals surface area contributed by atoms with Crippen molar-refractivity contribution in [3.63, 3.8) is 0 Å². The maximum Gasteiger partial charge on any atom is 0.458 e. The first kappa shape index (κ1) is 32.4. The number of pyridine rings is 1. The molecule has 1 aromatic heterocycles. The Morgan fingerprint density at radius 1 is 0.978 bits per heavy atom. The first-order chi connectivity index (χ1) is 21.7. The van der Waals surface area contributed by atoms with Crippen LogP contribution in [0.2, 0.25) is 11.4 Å². The molecule has 1 aliphatic rings. The molecule has 7 heteroatoms. The molecule has 0 amide bonds. The fourth-order valence-corrected chi connectivity index (χ4v) is 10.8. The lowest BCUT2D eigenvalue weighted by Crippen LogP contribution is -2.66. The average Bonchev–Trinajstić information content (AvgIpc) is 3.04. The van der Waals surface area contributed by atoms with Crippen LogP contribution < -0.4 is 10.4 Å². The maximum atomic E-state index is 10.5. The van der Waals surface area contributed by atoms with Crippen molar-refractivity contribution in [3.05, 3.63) is 144 Å². The number of hydrogen-bond donors (Lipinski definition) is 2. The lowest BCUT2D eigenvalue weighted by atomic mass is 9.78. The number of phenols is 1. The van der Waals surface area contributed by atoms with Gasteiger partial charge in [-0.1, -0.05) is 112 Å². The van der Waals surface area contributed by atoms with Gasteiger partial charge in [-0.15, -0.1) is 0 Å². The summed E-state index contributed by atoms with van der Waals surface area (Å²) in [6.07, 6.45) is 7.17. The highest BCUT2D eigenvalue weighted by atomic mass is 28.4. The number of hydrogen-bond acceptors (Lipinski definition) is 5. The summed E-state index contributed by atoms with van der Waals surface area (Å²) in [4.78, 5) is 4.60. The zero-order valence-electron chi connectivity index (χ0n) is 26.4. The van der Waals surface area contributed by atoms with Crippen molar-refractivity contribution in [3.8, 4) is 5.75 Å². The molecule has 0 bridgehead atoms. The van der Waals surface area contributed by atoms with Crippen molar-refractivity contribution in [2.24, 2.45) is 0 Å². The van der Waals surface area contributed by atoms with Crippen LogP contribution in [0.15, 0.2) is 133 Å². The van der Waals surface area contributed by atoms with E-state index in [2.05, 4.69) is 86.9 Å². The normalized spacial score (nSPS) is 15.9. The summed E-state index contributed by atoms with van der Waals surface area (Å²) in [6.45, 7) is 11.6. The molecule has 2 heterocycles. The number of allylic oxidation sites excluding steroid dienone is 2. The maximum absolute atomic E-state index is 10.5. The summed E-state index contributed by atoms with van der Waals surface area (Å²) in [5, 5.41) is 22.8. The van der Waals surface area contributed by atoms with Crippen LogP contribution >= 0.6 is 0 Å². The van der Waals surface area contributed by atoms with Crippen molar-refractivity contribution in [1.82, 2.24) is 4.98 Å². The zero-order valence-corrected chi connectivity index (χ0v) is 27.4. The Labute approximate surface area is 268 Å². The number of phenolic OH excluding ortho intramolecular Hbond substituents is 1. The number of nitrogens with zero attached hydrogens (tertiary/aromatic N) is 1. The van der Waals surface area contributed by atoms with E-state index in [0.29, 0.717) is 25.8 Å². The van der Waals surface area contributed by atoms with Crippen LogP contribution in [0, 0.1) is 0 Å². The first-order valence-electron chi connectivity index (χ1n) is 15.5. The monoisotopic (exact) mass is 615 g/mol. The van der Waals surface area contributed by atoms with Gasteiger partial charge in [-0.2, -0.15) is 0 Å². The van der Waals surface area contributed by atoms with E-state index in [1.807, 2.05) is 48.5 Å². The lowest BCUT2D eigenvalue weighted by Gasteiger charge is -2.43. The zero-order chi connectivity index (χ0) is 31.9. The Morgan fingerprint density at radius 2 is 1.64 bits per heavy atom. The minimum Gasteiger partial charge on any atom is -0.508 e. The molecule has 2 N–H and O–H groups in total. The molecule has 1 aliphatic heterocycles. The molecule has 4 aromatic rings. The predicted octanol–water partition coefficient (Wildman–Crippen LogP) is 7.05. The molecule has 0 saturated carbocycles. The Bertz CT molecular complexity index is 1600. The van der Waals surface area contributed by atoms with E-state index < -0.39 is 15.4 Å². The van der Waals surface area contributed by atoms with Gasteiger partial charge >= 0.3 is 7.12 Å². The summed E-state index contributed by atoms with van der Waals surface area (Å²) in [5.74, 6) is 0.213. The molecule has 230 valence electrons. The van der Waals surface area contributed by atoms with Gasteiger partial charge in [-0.3, -0.25) is 4.98 Å². The molecule has 5 nitrogen and oxygen atoms in total. The highest BCUT2D eigenvalue weighted by Crippen LogP contribution is 2.38. The van der Waals surface area contributed by atoms with E-state index in [-0.39, 0.29) is 16.9 Å². The third-order valence-corrected chi connectivity index (χ3v) is 13.4. The average molecular weight is 616 g/mol. The minimum absolute atomic E-state index is 0.155. The van der Waals surface area contributed by atoms with Crippen molar-refractivity contribution in [2.75, 3.05) is 6.61 Å². The second-order valence-corrected chi connectivity index (χ2v) is 16.9. The van der Waals surface area contributed by atoms with Crippen LogP contribution in [0.1, 0.15) is 44.9 Å². The van der Waals surface area contributed by atoms with Crippen molar-refractivity contribution >= 4 is 37.5 Å². The molecule has 0 spiro atoms. The molecule has 1 unspecified atom stereocenters. The fraction of sp³-hybridized carbons (Fsp3) is 0.237. The Kier molecular flexibility index (Phi) is 10.4. The van der Waals surface area contributed by atoms with Gasteiger partial charge in [0.2, 0.25) is 0 Å². The van der Waals surface area contributed by atoms with Crippen LogP contribution in [-0.2, 0) is 9.08 Å². The van der Waals surface area contributed by atoms with Gasteiger partial charge in [0.1, 0.15) is 5.75 Å². The van der Waals surface area contributed by atoms with Gasteiger partial charge in [-0.25, -0.2) is 0 Å². The molecule has 0 fully saturated rings. The minimum atomic E-state index is -2.76. The van der Waals surface area contributed by atoms with Gasteiger partial charge in [0.05, 0.1) is 18.4 Å². The number of benzene rings is 3. The van der Waals surface area contributed by atoms with Gasteiger partial charge in [0, 0.05) is 12.5 Å². The molecule has 45 heavy (non-hydrogen) atoms. The summed E-state index contributed by atoms with van der Waals surface area (Å²) in [5.41, 5.74) is 4.58. The molecule has 0 radical (unpaired) electrons. The summed E-state index contributed by atoms with van der Waals surface area (Å²) >= 11 is 0. The molecule has 0 saturated heterocycles. The van der Waals surface area contributed by atoms with Crippen molar-refractivity contribution in [2.45, 2.75) is 51.1 Å². The van der Waals surface area contributed by atoms with Gasteiger partial charge in [0.25, 0.3) is 8.32 Å². The highest BCUT2D eigenvalue weighted by Gasteiger charge is 2.50. The molecular weight excluding hydrogens is 573 g/mol. The van der Waals surface area contributed by atoms with Crippen LogP contribution in [0.25, 0.3) is 11.6 Å². The third kappa shape index (κ3) is 7.63. The fourth-order valence-electron chi connectivity index (χ4n) is 6.24. The van der Waals surface area contributed by atoms with E-state index in [1.165, 1.54) is 10.4 Å². The lowest BCUT2D eigenvalue weighted by molar-refractivity contribution is 0.182. The second kappa shape index (κ2) is 14.4. The number of aromatic nitrogens is 1. The van der Waals surface area contributed by atoms with Crippen LogP contribution in [0.5, 0.6) is 5.75 Å². The predicted molar refractivity (Wildman–Crippen MR) is 188 cm³/mol. The highest BCUT2D eigenvalue weighted by molar-refractivity contribution is 6.99. The molecule has 3 aromatic carbocycles. The van der Waals surface area contributed by atoms with E-state index in [1.54, 1.807) is 18.3 Å². The van der Waals surface area contributed by atoms with Gasteiger partial charge in [0.15, 0.2) is 0 Å². The van der Waals surface area contributed by atoms with E-state index >= 15 is 0 Å². The Balaban J connectivity index is 1.41. The van der Waals surface area contributed by atoms with Gasteiger partial charge < -0.3 is 19.2 Å².